The van der Waals surface area contributed by atoms with Crippen LogP contribution in [0.5, 0.6) is 0 Å². The van der Waals surface area contributed by atoms with Gasteiger partial charge >= 0.3 is 0 Å². The van der Waals surface area contributed by atoms with Gasteiger partial charge in [0, 0.05) is 45.1 Å². The molecule has 0 bridgehead atoms. The molecule has 1 aliphatic rings. The van der Waals surface area contributed by atoms with Gasteiger partial charge in [-0.25, -0.2) is 15.0 Å². The highest BCUT2D eigenvalue weighted by Crippen LogP contribution is 2.34. The number of imidazole rings is 1. The lowest BCUT2D eigenvalue weighted by atomic mass is 10.0. The van der Waals surface area contributed by atoms with E-state index in [0.29, 0.717) is 5.92 Å². The zero-order valence-corrected chi connectivity index (χ0v) is 13.9. The number of rotatable bonds is 5. The van der Waals surface area contributed by atoms with Crippen molar-refractivity contribution >= 4 is 16.9 Å². The summed E-state index contributed by atoms with van der Waals surface area (Å²) in [5.41, 5.74) is 0.827. The standard InChI is InChI=1S/C16H21N7O/c1-3-23-6-5-17-16(23)13-11(4-7-24-13)8-18-14-12-9-21-22(2)15(12)20-10-19-14/h5-6,9-11,13H,3-4,7-8H2,1-2H3,(H,18,19,20)/t11-,13+/m0/s1. The maximum atomic E-state index is 5.96. The van der Waals surface area contributed by atoms with Crippen LogP contribution in [0.25, 0.3) is 11.0 Å². The van der Waals surface area contributed by atoms with Crippen LogP contribution in [0, 0.1) is 5.92 Å². The summed E-state index contributed by atoms with van der Waals surface area (Å²) in [6, 6.07) is 0. The molecule has 8 heteroatoms. The fraction of sp³-hybridized carbons (Fsp3) is 0.500. The number of ether oxygens (including phenoxy) is 1. The molecule has 3 aromatic rings. The van der Waals surface area contributed by atoms with Crippen molar-refractivity contribution in [2.75, 3.05) is 18.5 Å². The molecule has 0 radical (unpaired) electrons. The first-order chi connectivity index (χ1) is 11.8. The lowest BCUT2D eigenvalue weighted by molar-refractivity contribution is 0.0832. The number of hydrogen-bond acceptors (Lipinski definition) is 6. The minimum atomic E-state index is 0.0266. The summed E-state index contributed by atoms with van der Waals surface area (Å²) in [6.07, 6.45) is 8.25. The quantitative estimate of drug-likeness (QED) is 0.769. The molecule has 4 rings (SSSR count). The van der Waals surface area contributed by atoms with Crippen LogP contribution in [0.2, 0.25) is 0 Å². The molecule has 0 aliphatic carbocycles. The van der Waals surface area contributed by atoms with E-state index in [0.717, 1.165) is 48.8 Å². The van der Waals surface area contributed by atoms with Crippen LogP contribution in [0.4, 0.5) is 5.82 Å². The molecule has 0 spiro atoms. The largest absolute Gasteiger partial charge is 0.370 e. The van der Waals surface area contributed by atoms with Crippen LogP contribution < -0.4 is 5.32 Å². The zero-order chi connectivity index (χ0) is 16.5. The highest BCUT2D eigenvalue weighted by molar-refractivity contribution is 5.85. The van der Waals surface area contributed by atoms with Crippen molar-refractivity contribution in [3.8, 4) is 0 Å². The Bertz CT molecular complexity index is 840. The molecule has 1 saturated heterocycles. The second kappa shape index (κ2) is 6.20. The third-order valence-electron chi connectivity index (χ3n) is 4.62. The summed E-state index contributed by atoms with van der Waals surface area (Å²) in [7, 11) is 1.88. The van der Waals surface area contributed by atoms with Crippen molar-refractivity contribution in [3.63, 3.8) is 0 Å². The van der Waals surface area contributed by atoms with Crippen LogP contribution in [0.1, 0.15) is 25.3 Å². The molecule has 4 heterocycles. The number of nitrogens with zero attached hydrogens (tertiary/aromatic N) is 6. The van der Waals surface area contributed by atoms with Crippen LogP contribution in [0.15, 0.2) is 24.9 Å². The van der Waals surface area contributed by atoms with E-state index in [1.54, 1.807) is 17.2 Å². The van der Waals surface area contributed by atoms with Gasteiger partial charge in [0.15, 0.2) is 5.65 Å². The Hall–Kier alpha value is -2.48. The minimum Gasteiger partial charge on any atom is -0.370 e. The third kappa shape index (κ3) is 2.52. The third-order valence-corrected chi connectivity index (χ3v) is 4.62. The highest BCUT2D eigenvalue weighted by atomic mass is 16.5. The van der Waals surface area contributed by atoms with Gasteiger partial charge in [0.2, 0.25) is 0 Å². The number of aryl methyl sites for hydroxylation is 2. The van der Waals surface area contributed by atoms with Gasteiger partial charge in [0.1, 0.15) is 24.1 Å². The smallest absolute Gasteiger partial charge is 0.163 e. The number of hydrogen-bond donors (Lipinski definition) is 1. The van der Waals surface area contributed by atoms with Crippen LogP contribution in [0.3, 0.4) is 0 Å². The van der Waals surface area contributed by atoms with Crippen molar-refractivity contribution in [1.29, 1.82) is 0 Å². The Labute approximate surface area is 139 Å². The van der Waals surface area contributed by atoms with E-state index in [4.69, 9.17) is 4.74 Å². The first-order valence-corrected chi connectivity index (χ1v) is 8.27. The van der Waals surface area contributed by atoms with Gasteiger partial charge in [-0.1, -0.05) is 0 Å². The van der Waals surface area contributed by atoms with Gasteiger partial charge in [-0.05, 0) is 13.3 Å². The number of aromatic nitrogens is 6. The van der Waals surface area contributed by atoms with Crippen LogP contribution in [-0.2, 0) is 18.3 Å². The van der Waals surface area contributed by atoms with E-state index in [2.05, 4.69) is 36.9 Å². The summed E-state index contributed by atoms with van der Waals surface area (Å²) in [5.74, 6) is 2.19. The lowest BCUT2D eigenvalue weighted by Crippen LogP contribution is -2.21. The Morgan fingerprint density at radius 3 is 3.12 bits per heavy atom. The minimum absolute atomic E-state index is 0.0266. The molecule has 2 atom stereocenters. The fourth-order valence-electron chi connectivity index (χ4n) is 3.30. The molecule has 0 aromatic carbocycles. The van der Waals surface area contributed by atoms with Crippen LogP contribution in [-0.4, -0.2) is 42.5 Å². The molecule has 126 valence electrons. The topological polar surface area (TPSA) is 82.7 Å². The van der Waals surface area contributed by atoms with Gasteiger partial charge in [-0.15, -0.1) is 0 Å². The maximum absolute atomic E-state index is 5.96. The Kier molecular flexibility index (Phi) is 3.89. The second-order valence-electron chi connectivity index (χ2n) is 6.02. The predicted molar refractivity (Wildman–Crippen MR) is 89.5 cm³/mol. The van der Waals surface area contributed by atoms with Crippen molar-refractivity contribution in [2.45, 2.75) is 26.0 Å². The SMILES string of the molecule is CCn1ccnc1[C@@H]1OCC[C@H]1CNc1ncnc2c1cnn2C. The average Bonchev–Trinajstić information content (AvgIpc) is 3.32. The number of anilines is 1. The van der Waals surface area contributed by atoms with Gasteiger partial charge in [-0.2, -0.15) is 5.10 Å². The number of nitrogens with one attached hydrogen (secondary N) is 1. The summed E-state index contributed by atoms with van der Waals surface area (Å²) in [6.45, 7) is 4.56. The monoisotopic (exact) mass is 327 g/mol. The van der Waals surface area contributed by atoms with Gasteiger partial charge in [0.25, 0.3) is 0 Å². The molecular formula is C16H21N7O. The van der Waals surface area contributed by atoms with E-state index >= 15 is 0 Å². The molecule has 0 amide bonds. The first-order valence-electron chi connectivity index (χ1n) is 8.27. The van der Waals surface area contributed by atoms with Crippen molar-refractivity contribution < 1.29 is 4.74 Å². The summed E-state index contributed by atoms with van der Waals surface area (Å²) in [4.78, 5) is 13.1. The van der Waals surface area contributed by atoms with Crippen molar-refractivity contribution in [1.82, 2.24) is 29.3 Å². The Morgan fingerprint density at radius 2 is 2.25 bits per heavy atom. The lowest BCUT2D eigenvalue weighted by Gasteiger charge is -2.19. The molecule has 3 aromatic heterocycles. The molecule has 0 unspecified atom stereocenters. The molecule has 0 saturated carbocycles. The summed E-state index contributed by atoms with van der Waals surface area (Å²) < 4.78 is 9.86. The summed E-state index contributed by atoms with van der Waals surface area (Å²) >= 11 is 0. The summed E-state index contributed by atoms with van der Waals surface area (Å²) in [5, 5.41) is 8.64. The van der Waals surface area contributed by atoms with E-state index < -0.39 is 0 Å². The van der Waals surface area contributed by atoms with E-state index in [-0.39, 0.29) is 6.10 Å². The molecule has 1 aliphatic heterocycles. The normalized spacial score (nSPS) is 20.8. The van der Waals surface area contributed by atoms with Crippen LogP contribution >= 0.6 is 0 Å². The predicted octanol–water partition coefficient (Wildman–Crippen LogP) is 1.77. The van der Waals surface area contributed by atoms with Crippen molar-refractivity contribution in [3.05, 3.63) is 30.7 Å². The molecular weight excluding hydrogens is 306 g/mol. The Balaban J connectivity index is 1.52. The Morgan fingerprint density at radius 1 is 1.33 bits per heavy atom. The molecule has 1 N–H and O–H groups in total. The zero-order valence-electron chi connectivity index (χ0n) is 13.9. The average molecular weight is 327 g/mol. The molecule has 1 fully saturated rings. The second-order valence-corrected chi connectivity index (χ2v) is 6.02. The van der Waals surface area contributed by atoms with Crippen molar-refractivity contribution in [2.24, 2.45) is 13.0 Å². The molecule has 8 nitrogen and oxygen atoms in total. The van der Waals surface area contributed by atoms with E-state index in [1.165, 1.54) is 0 Å². The maximum Gasteiger partial charge on any atom is 0.163 e. The van der Waals surface area contributed by atoms with E-state index in [9.17, 15) is 0 Å². The van der Waals surface area contributed by atoms with Gasteiger partial charge in [-0.3, -0.25) is 4.68 Å². The van der Waals surface area contributed by atoms with Gasteiger partial charge < -0.3 is 14.6 Å². The molecule has 24 heavy (non-hydrogen) atoms. The first kappa shape index (κ1) is 15.1. The highest BCUT2D eigenvalue weighted by Gasteiger charge is 2.32. The van der Waals surface area contributed by atoms with Gasteiger partial charge in [0.05, 0.1) is 11.6 Å². The van der Waals surface area contributed by atoms with E-state index in [1.807, 2.05) is 19.4 Å². The number of fused-ring (bicyclic) bond motifs is 1. The fourth-order valence-corrected chi connectivity index (χ4v) is 3.30.